The molecule has 2 aromatic rings. The van der Waals surface area contributed by atoms with Crippen molar-refractivity contribution in [1.82, 2.24) is 14.3 Å². The summed E-state index contributed by atoms with van der Waals surface area (Å²) < 4.78 is 32.0. The molecule has 8 nitrogen and oxygen atoms in total. The number of fused-ring (bicyclic) bond motifs is 1. The molecule has 0 atom stereocenters. The fourth-order valence-electron chi connectivity index (χ4n) is 3.93. The van der Waals surface area contributed by atoms with Crippen molar-refractivity contribution in [3.05, 3.63) is 47.3 Å². The van der Waals surface area contributed by atoms with Crippen molar-refractivity contribution in [1.29, 1.82) is 0 Å². The van der Waals surface area contributed by atoms with Gasteiger partial charge in [0.25, 0.3) is 0 Å². The van der Waals surface area contributed by atoms with Crippen molar-refractivity contribution in [2.45, 2.75) is 39.8 Å². The van der Waals surface area contributed by atoms with Gasteiger partial charge in [-0.05, 0) is 32.4 Å². The van der Waals surface area contributed by atoms with Crippen LogP contribution in [-0.4, -0.2) is 66.4 Å². The van der Waals surface area contributed by atoms with Crippen LogP contribution >= 0.6 is 0 Å². The number of ether oxygens (including phenoxy) is 1. The minimum absolute atomic E-state index is 0.0553. The molecule has 0 amide bonds. The summed E-state index contributed by atoms with van der Waals surface area (Å²) in [7, 11) is -3.16. The van der Waals surface area contributed by atoms with Crippen LogP contribution < -0.4 is 9.64 Å². The Hall–Kier alpha value is -2.52. The van der Waals surface area contributed by atoms with Crippen LogP contribution in [0, 0.1) is 0 Å². The molecule has 4 rings (SSSR count). The summed E-state index contributed by atoms with van der Waals surface area (Å²) in [4.78, 5) is 15.8. The van der Waals surface area contributed by atoms with Gasteiger partial charge in [0.15, 0.2) is 0 Å². The molecule has 0 aliphatic carbocycles. The van der Waals surface area contributed by atoms with E-state index in [0.29, 0.717) is 45.0 Å². The second kappa shape index (κ2) is 8.92. The molecule has 0 radical (unpaired) electrons. The van der Waals surface area contributed by atoms with Crippen molar-refractivity contribution in [2.24, 2.45) is 4.99 Å². The number of aliphatic imine (C=N–C) groups is 1. The Morgan fingerprint density at radius 3 is 2.61 bits per heavy atom. The molecule has 9 heteroatoms. The lowest BCUT2D eigenvalue weighted by Crippen LogP contribution is -2.49. The number of aromatic nitrogens is 2. The first-order chi connectivity index (χ1) is 14.9. The normalized spacial score (nSPS) is 17.0. The highest BCUT2D eigenvalue weighted by atomic mass is 32.2. The molecular weight excluding hydrogens is 414 g/mol. The fraction of sp³-hybridized carbons (Fsp3) is 0.500. The van der Waals surface area contributed by atoms with Crippen molar-refractivity contribution in [2.75, 3.05) is 36.8 Å². The third kappa shape index (κ3) is 4.72. The summed E-state index contributed by atoms with van der Waals surface area (Å²) in [5.74, 6) is 1.65. The average molecular weight is 444 g/mol. The smallest absolute Gasteiger partial charge is 0.214 e. The number of anilines is 1. The Labute approximate surface area is 184 Å². The van der Waals surface area contributed by atoms with E-state index in [1.165, 1.54) is 0 Å². The summed E-state index contributed by atoms with van der Waals surface area (Å²) in [5, 5.41) is 0. The quantitative estimate of drug-likeness (QED) is 0.653. The van der Waals surface area contributed by atoms with Crippen molar-refractivity contribution in [3.63, 3.8) is 0 Å². The molecule has 0 aromatic carbocycles. The second-order valence-corrected chi connectivity index (χ2v) is 10.2. The van der Waals surface area contributed by atoms with Gasteiger partial charge in [-0.1, -0.05) is 6.92 Å². The van der Waals surface area contributed by atoms with Crippen LogP contribution in [0.1, 0.15) is 43.9 Å². The molecule has 4 heterocycles. The largest absolute Gasteiger partial charge is 0.475 e. The van der Waals surface area contributed by atoms with Gasteiger partial charge in [0, 0.05) is 61.3 Å². The topological polar surface area (TPSA) is 88.0 Å². The predicted molar refractivity (Wildman–Crippen MR) is 121 cm³/mol. The third-order valence-electron chi connectivity index (χ3n) is 5.42. The van der Waals surface area contributed by atoms with Gasteiger partial charge in [0.1, 0.15) is 5.82 Å². The van der Waals surface area contributed by atoms with E-state index in [4.69, 9.17) is 9.73 Å². The third-order valence-corrected chi connectivity index (χ3v) is 7.49. The van der Waals surface area contributed by atoms with Crippen molar-refractivity contribution >= 4 is 21.6 Å². The van der Waals surface area contributed by atoms with E-state index < -0.39 is 10.0 Å². The molecule has 166 valence electrons. The molecule has 0 saturated carbocycles. The van der Waals surface area contributed by atoms with Crippen LogP contribution in [0.4, 0.5) is 5.82 Å². The molecule has 2 aliphatic rings. The summed E-state index contributed by atoms with van der Waals surface area (Å²) in [6, 6.07) is 5.95. The maximum atomic E-state index is 12.3. The van der Waals surface area contributed by atoms with Crippen LogP contribution in [0.3, 0.4) is 0 Å². The second-order valence-electron chi connectivity index (χ2n) is 8.12. The number of piperazine rings is 1. The first-order valence-corrected chi connectivity index (χ1v) is 12.4. The Morgan fingerprint density at radius 1 is 1.13 bits per heavy atom. The Balaban J connectivity index is 1.51. The van der Waals surface area contributed by atoms with E-state index in [1.54, 1.807) is 10.5 Å². The molecule has 31 heavy (non-hydrogen) atoms. The first-order valence-electron chi connectivity index (χ1n) is 10.8. The minimum atomic E-state index is -3.16. The van der Waals surface area contributed by atoms with E-state index in [9.17, 15) is 8.42 Å². The van der Waals surface area contributed by atoms with Crippen molar-refractivity contribution in [3.8, 4) is 5.88 Å². The average Bonchev–Trinajstić information content (AvgIpc) is 3.17. The highest BCUT2D eigenvalue weighted by molar-refractivity contribution is 7.89. The van der Waals surface area contributed by atoms with Crippen LogP contribution in [0.5, 0.6) is 5.88 Å². The maximum Gasteiger partial charge on any atom is 0.214 e. The number of hydrogen-bond donors (Lipinski definition) is 0. The standard InChI is InChI=1S/C22H29N5O3S/c1-4-11-31(28,29)27-9-7-26(8-10-27)20-12-17(5-6-23-20)22-19-13-21(30-16(2)3)24-14-18(19)15-25-22/h5-6,12-14,16H,4,7-11,15H2,1-3H3. The van der Waals surface area contributed by atoms with E-state index in [2.05, 4.69) is 14.9 Å². The molecule has 0 N–H and O–H groups in total. The monoisotopic (exact) mass is 443 g/mol. The fourth-order valence-corrected chi connectivity index (χ4v) is 5.43. The van der Waals surface area contributed by atoms with Gasteiger partial charge in [-0.3, -0.25) is 4.99 Å². The molecule has 2 aromatic heterocycles. The van der Waals surface area contributed by atoms with Crippen LogP contribution in [-0.2, 0) is 16.6 Å². The zero-order valence-electron chi connectivity index (χ0n) is 18.3. The van der Waals surface area contributed by atoms with Crippen LogP contribution in [0.15, 0.2) is 35.6 Å². The van der Waals surface area contributed by atoms with Crippen LogP contribution in [0.25, 0.3) is 0 Å². The highest BCUT2D eigenvalue weighted by Crippen LogP contribution is 2.27. The lowest BCUT2D eigenvalue weighted by molar-refractivity contribution is 0.232. The number of nitrogens with zero attached hydrogens (tertiary/aromatic N) is 5. The maximum absolute atomic E-state index is 12.3. The van der Waals surface area contributed by atoms with Gasteiger partial charge >= 0.3 is 0 Å². The Bertz CT molecular complexity index is 1080. The van der Waals surface area contributed by atoms with Gasteiger partial charge in [-0.2, -0.15) is 4.31 Å². The molecule has 0 bridgehead atoms. The summed E-state index contributed by atoms with van der Waals surface area (Å²) >= 11 is 0. The van der Waals surface area contributed by atoms with Crippen molar-refractivity contribution < 1.29 is 13.2 Å². The van der Waals surface area contributed by atoms with Gasteiger partial charge in [0.05, 0.1) is 24.1 Å². The van der Waals surface area contributed by atoms with Crippen LogP contribution in [0.2, 0.25) is 0 Å². The number of sulfonamides is 1. The lowest BCUT2D eigenvalue weighted by atomic mass is 10.0. The summed E-state index contributed by atoms with van der Waals surface area (Å²) in [6.45, 7) is 8.67. The molecule has 2 aliphatic heterocycles. The Morgan fingerprint density at radius 2 is 1.90 bits per heavy atom. The minimum Gasteiger partial charge on any atom is -0.475 e. The molecule has 1 fully saturated rings. The van der Waals surface area contributed by atoms with E-state index in [1.807, 2.05) is 45.2 Å². The van der Waals surface area contributed by atoms with E-state index >= 15 is 0 Å². The first kappa shape index (κ1) is 21.7. The number of hydrogen-bond acceptors (Lipinski definition) is 7. The van der Waals surface area contributed by atoms with Gasteiger partial charge in [0.2, 0.25) is 15.9 Å². The molecule has 0 unspecified atom stereocenters. The molecule has 1 saturated heterocycles. The van der Waals surface area contributed by atoms with Gasteiger partial charge in [-0.25, -0.2) is 18.4 Å². The molecular formula is C22H29N5O3S. The highest BCUT2D eigenvalue weighted by Gasteiger charge is 2.27. The van der Waals surface area contributed by atoms with E-state index in [0.717, 1.165) is 28.2 Å². The molecule has 0 spiro atoms. The zero-order chi connectivity index (χ0) is 22.0. The SMILES string of the molecule is CCCS(=O)(=O)N1CCN(c2cc(C3=NCc4cnc(OC(C)C)cc43)ccn2)CC1. The number of pyridine rings is 2. The van der Waals surface area contributed by atoms with E-state index in [-0.39, 0.29) is 11.9 Å². The van der Waals surface area contributed by atoms with Gasteiger partial charge < -0.3 is 9.64 Å². The number of rotatable bonds is 7. The zero-order valence-corrected chi connectivity index (χ0v) is 19.1. The van der Waals surface area contributed by atoms with Gasteiger partial charge in [-0.15, -0.1) is 0 Å². The Kier molecular flexibility index (Phi) is 6.24. The predicted octanol–water partition coefficient (Wildman–Crippen LogP) is 2.48. The lowest BCUT2D eigenvalue weighted by Gasteiger charge is -2.34. The summed E-state index contributed by atoms with van der Waals surface area (Å²) in [6.07, 6.45) is 4.31. The summed E-state index contributed by atoms with van der Waals surface area (Å²) in [5.41, 5.74) is 4.03.